The van der Waals surface area contributed by atoms with E-state index in [1.165, 1.54) is 0 Å². The van der Waals surface area contributed by atoms with Crippen LogP contribution in [0.15, 0.2) is 18.2 Å². The van der Waals surface area contributed by atoms with Crippen LogP contribution in [0.25, 0.3) is 0 Å². The van der Waals surface area contributed by atoms with Gasteiger partial charge in [0.25, 0.3) is 0 Å². The average molecular weight is 181 g/mol. The number of ether oxygens (including phenoxy) is 1. The van der Waals surface area contributed by atoms with Crippen LogP contribution in [-0.4, -0.2) is 23.3 Å². The van der Waals surface area contributed by atoms with E-state index in [2.05, 4.69) is 4.98 Å². The molecule has 0 spiro atoms. The van der Waals surface area contributed by atoms with E-state index in [9.17, 15) is 5.11 Å². The normalized spacial score (nSPS) is 12.8. The standard InChI is InChI=1S/C10H15NO2/c1-3-13-7-10(12)9-6-4-5-8(2)11-9/h4-6,10,12H,3,7H2,1-2H3/t10-/m0/s1. The Morgan fingerprint density at radius 2 is 2.31 bits per heavy atom. The van der Waals surface area contributed by atoms with Crippen LogP contribution >= 0.6 is 0 Å². The van der Waals surface area contributed by atoms with Gasteiger partial charge in [-0.05, 0) is 26.0 Å². The summed E-state index contributed by atoms with van der Waals surface area (Å²) in [5.41, 5.74) is 1.58. The van der Waals surface area contributed by atoms with Crippen molar-refractivity contribution >= 4 is 0 Å². The summed E-state index contributed by atoms with van der Waals surface area (Å²) >= 11 is 0. The average Bonchev–Trinajstić information content (AvgIpc) is 2.14. The van der Waals surface area contributed by atoms with E-state index in [0.29, 0.717) is 18.9 Å². The maximum Gasteiger partial charge on any atom is 0.119 e. The zero-order chi connectivity index (χ0) is 9.68. The van der Waals surface area contributed by atoms with Crippen molar-refractivity contribution in [1.82, 2.24) is 4.98 Å². The number of hydrogen-bond acceptors (Lipinski definition) is 3. The van der Waals surface area contributed by atoms with E-state index in [0.717, 1.165) is 5.69 Å². The largest absolute Gasteiger partial charge is 0.384 e. The molecule has 0 aliphatic rings. The van der Waals surface area contributed by atoms with Gasteiger partial charge in [0.1, 0.15) is 6.10 Å². The second kappa shape index (κ2) is 4.94. The van der Waals surface area contributed by atoms with Gasteiger partial charge in [-0.25, -0.2) is 0 Å². The molecule has 3 nitrogen and oxygen atoms in total. The highest BCUT2D eigenvalue weighted by Gasteiger charge is 2.07. The van der Waals surface area contributed by atoms with Crippen molar-refractivity contribution in [1.29, 1.82) is 0 Å². The van der Waals surface area contributed by atoms with Crippen molar-refractivity contribution in [2.75, 3.05) is 13.2 Å². The Balaban J connectivity index is 2.60. The monoisotopic (exact) mass is 181 g/mol. The van der Waals surface area contributed by atoms with E-state index in [4.69, 9.17) is 4.74 Å². The predicted octanol–water partition coefficient (Wildman–Crippen LogP) is 1.46. The number of nitrogens with zero attached hydrogens (tertiary/aromatic N) is 1. The Bertz CT molecular complexity index is 263. The number of rotatable bonds is 4. The Labute approximate surface area is 78.4 Å². The third kappa shape index (κ3) is 3.13. The molecule has 0 aromatic carbocycles. The first-order valence-electron chi connectivity index (χ1n) is 4.43. The maximum atomic E-state index is 9.59. The molecule has 0 bridgehead atoms. The quantitative estimate of drug-likeness (QED) is 0.764. The molecule has 1 atom stereocenters. The van der Waals surface area contributed by atoms with Gasteiger partial charge in [0.2, 0.25) is 0 Å². The van der Waals surface area contributed by atoms with Crippen LogP contribution in [0.3, 0.4) is 0 Å². The van der Waals surface area contributed by atoms with Crippen LogP contribution in [0.5, 0.6) is 0 Å². The highest BCUT2D eigenvalue weighted by atomic mass is 16.5. The molecule has 0 unspecified atom stereocenters. The summed E-state index contributed by atoms with van der Waals surface area (Å²) in [6, 6.07) is 5.58. The molecule has 3 heteroatoms. The fourth-order valence-corrected chi connectivity index (χ4v) is 1.06. The van der Waals surface area contributed by atoms with Gasteiger partial charge in [0.05, 0.1) is 12.3 Å². The lowest BCUT2D eigenvalue weighted by Gasteiger charge is -2.09. The van der Waals surface area contributed by atoms with Gasteiger partial charge in [0.15, 0.2) is 0 Å². The summed E-state index contributed by atoms with van der Waals surface area (Å²) < 4.78 is 5.10. The minimum Gasteiger partial charge on any atom is -0.384 e. The second-order valence-electron chi connectivity index (χ2n) is 2.88. The summed E-state index contributed by atoms with van der Waals surface area (Å²) in [5.74, 6) is 0. The number of aliphatic hydroxyl groups is 1. The lowest BCUT2D eigenvalue weighted by atomic mass is 10.2. The summed E-state index contributed by atoms with van der Waals surface area (Å²) in [7, 11) is 0. The molecule has 0 fully saturated rings. The first-order chi connectivity index (χ1) is 6.24. The molecule has 1 heterocycles. The molecule has 72 valence electrons. The van der Waals surface area contributed by atoms with Crippen LogP contribution in [0.4, 0.5) is 0 Å². The van der Waals surface area contributed by atoms with Crippen molar-refractivity contribution in [2.45, 2.75) is 20.0 Å². The summed E-state index contributed by atoms with van der Waals surface area (Å²) in [4.78, 5) is 4.20. The molecule has 13 heavy (non-hydrogen) atoms. The van der Waals surface area contributed by atoms with E-state index >= 15 is 0 Å². The molecule has 0 radical (unpaired) electrons. The number of aryl methyl sites for hydroxylation is 1. The Morgan fingerprint density at radius 3 is 2.92 bits per heavy atom. The maximum absolute atomic E-state index is 9.59. The van der Waals surface area contributed by atoms with Crippen LogP contribution in [0, 0.1) is 6.92 Å². The lowest BCUT2D eigenvalue weighted by Crippen LogP contribution is -2.09. The molecule has 1 rings (SSSR count). The van der Waals surface area contributed by atoms with Gasteiger partial charge in [-0.3, -0.25) is 4.98 Å². The fourth-order valence-electron chi connectivity index (χ4n) is 1.06. The Hall–Kier alpha value is -0.930. The van der Waals surface area contributed by atoms with Gasteiger partial charge < -0.3 is 9.84 Å². The first kappa shape index (κ1) is 10.2. The predicted molar refractivity (Wildman–Crippen MR) is 50.4 cm³/mol. The Kier molecular flexibility index (Phi) is 3.86. The van der Waals surface area contributed by atoms with Crippen molar-refractivity contribution < 1.29 is 9.84 Å². The topological polar surface area (TPSA) is 42.4 Å². The number of pyridine rings is 1. The van der Waals surface area contributed by atoms with Crippen LogP contribution in [0.2, 0.25) is 0 Å². The molecule has 0 saturated heterocycles. The van der Waals surface area contributed by atoms with E-state index in [1.54, 1.807) is 6.07 Å². The van der Waals surface area contributed by atoms with Crippen molar-refractivity contribution in [3.8, 4) is 0 Å². The fraction of sp³-hybridized carbons (Fsp3) is 0.500. The first-order valence-corrected chi connectivity index (χ1v) is 4.43. The molecule has 0 saturated carbocycles. The van der Waals surface area contributed by atoms with Gasteiger partial charge in [0, 0.05) is 12.3 Å². The molecule has 1 aromatic heterocycles. The third-order valence-corrected chi connectivity index (χ3v) is 1.73. The highest BCUT2D eigenvalue weighted by molar-refractivity contribution is 5.11. The zero-order valence-electron chi connectivity index (χ0n) is 8.03. The van der Waals surface area contributed by atoms with Gasteiger partial charge in [-0.1, -0.05) is 6.07 Å². The van der Waals surface area contributed by atoms with E-state index in [1.807, 2.05) is 26.0 Å². The van der Waals surface area contributed by atoms with Crippen LogP contribution < -0.4 is 0 Å². The number of aromatic nitrogens is 1. The molecule has 0 aliphatic heterocycles. The van der Waals surface area contributed by atoms with Crippen molar-refractivity contribution in [3.05, 3.63) is 29.6 Å². The summed E-state index contributed by atoms with van der Waals surface area (Å²) in [6.07, 6.45) is -0.611. The molecule has 1 aromatic rings. The smallest absolute Gasteiger partial charge is 0.119 e. The molecule has 1 N–H and O–H groups in total. The van der Waals surface area contributed by atoms with Crippen molar-refractivity contribution in [3.63, 3.8) is 0 Å². The minimum atomic E-state index is -0.611. The lowest BCUT2D eigenvalue weighted by molar-refractivity contribution is 0.0397. The summed E-state index contributed by atoms with van der Waals surface area (Å²) in [5, 5.41) is 9.59. The number of aliphatic hydroxyl groups excluding tert-OH is 1. The molecular weight excluding hydrogens is 166 g/mol. The Morgan fingerprint density at radius 1 is 1.54 bits per heavy atom. The second-order valence-corrected chi connectivity index (χ2v) is 2.88. The van der Waals surface area contributed by atoms with Gasteiger partial charge in [-0.15, -0.1) is 0 Å². The highest BCUT2D eigenvalue weighted by Crippen LogP contribution is 2.10. The SMILES string of the molecule is CCOC[C@H](O)c1cccc(C)n1. The number of hydrogen-bond donors (Lipinski definition) is 1. The van der Waals surface area contributed by atoms with E-state index < -0.39 is 6.10 Å². The molecule has 0 amide bonds. The van der Waals surface area contributed by atoms with Crippen LogP contribution in [-0.2, 0) is 4.74 Å². The third-order valence-electron chi connectivity index (χ3n) is 1.73. The van der Waals surface area contributed by atoms with Gasteiger partial charge >= 0.3 is 0 Å². The van der Waals surface area contributed by atoms with Crippen LogP contribution in [0.1, 0.15) is 24.4 Å². The zero-order valence-corrected chi connectivity index (χ0v) is 8.03. The van der Waals surface area contributed by atoms with E-state index in [-0.39, 0.29) is 0 Å². The minimum absolute atomic E-state index is 0.312. The molecular formula is C10H15NO2. The summed E-state index contributed by atoms with van der Waals surface area (Å²) in [6.45, 7) is 4.73. The molecule has 0 aliphatic carbocycles. The van der Waals surface area contributed by atoms with Crippen molar-refractivity contribution in [2.24, 2.45) is 0 Å². The van der Waals surface area contributed by atoms with Gasteiger partial charge in [-0.2, -0.15) is 0 Å².